The molecule has 2 heterocycles. The Hall–Kier alpha value is -1.49. The first-order chi connectivity index (χ1) is 13.9. The van der Waals surface area contributed by atoms with E-state index in [0.29, 0.717) is 5.02 Å². The summed E-state index contributed by atoms with van der Waals surface area (Å²) in [5.74, 6) is -0.262. The highest BCUT2D eigenvalue weighted by Gasteiger charge is 2.32. The molecule has 0 fully saturated rings. The number of carbonyl (C=O) groups is 1. The van der Waals surface area contributed by atoms with Crippen molar-refractivity contribution < 1.29 is 26.7 Å². The zero-order valence-electron chi connectivity index (χ0n) is 17.3. The highest BCUT2D eigenvalue weighted by molar-refractivity contribution is 7.80. The number of thiophene rings is 1. The van der Waals surface area contributed by atoms with E-state index in [9.17, 15) is 17.8 Å². The summed E-state index contributed by atoms with van der Waals surface area (Å²) >= 11 is 8.07. The van der Waals surface area contributed by atoms with Crippen LogP contribution in [0, 0.1) is 0 Å². The zero-order chi connectivity index (χ0) is 22.5. The van der Waals surface area contributed by atoms with Crippen molar-refractivity contribution >= 4 is 39.3 Å². The van der Waals surface area contributed by atoms with Crippen molar-refractivity contribution in [1.29, 1.82) is 0 Å². The van der Waals surface area contributed by atoms with Gasteiger partial charge in [0.2, 0.25) is 10.4 Å². The van der Waals surface area contributed by atoms with Gasteiger partial charge >= 0.3 is 5.97 Å². The summed E-state index contributed by atoms with van der Waals surface area (Å²) in [6, 6.07) is 9.16. The highest BCUT2D eigenvalue weighted by atomic mass is 35.5. The molecule has 2 aromatic rings. The molecule has 0 saturated heterocycles. The van der Waals surface area contributed by atoms with Gasteiger partial charge in [0.05, 0.1) is 12.7 Å². The largest absolute Gasteiger partial charge is 0.726 e. The average Bonchev–Trinajstić information content (AvgIpc) is 3.08. The van der Waals surface area contributed by atoms with E-state index in [1.807, 2.05) is 24.3 Å². The first-order valence-corrected chi connectivity index (χ1v) is 11.8. The van der Waals surface area contributed by atoms with E-state index in [-0.39, 0.29) is 5.97 Å². The Morgan fingerprint density at radius 1 is 1.27 bits per heavy atom. The predicted octanol–water partition coefficient (Wildman–Crippen LogP) is 3.94. The lowest BCUT2D eigenvalue weighted by Crippen LogP contribution is -2.38. The molecule has 1 aliphatic rings. The number of rotatable bonds is 4. The van der Waals surface area contributed by atoms with Gasteiger partial charge in [0.25, 0.3) is 0 Å². The molecule has 0 unspecified atom stereocenters. The van der Waals surface area contributed by atoms with Gasteiger partial charge in [-0.1, -0.05) is 29.8 Å². The number of hydrogen-bond acceptors (Lipinski definition) is 8. The first-order valence-electron chi connectivity index (χ1n) is 9.19. The molecule has 0 aliphatic carbocycles. The number of benzene rings is 1. The van der Waals surface area contributed by atoms with E-state index in [2.05, 4.69) is 20.5 Å². The molecule has 7 nitrogen and oxygen atoms in total. The maximum absolute atomic E-state index is 12.3. The predicted molar refractivity (Wildman–Crippen MR) is 115 cm³/mol. The van der Waals surface area contributed by atoms with Crippen LogP contribution in [0.25, 0.3) is 0 Å². The van der Waals surface area contributed by atoms with Crippen LogP contribution in [0.2, 0.25) is 5.02 Å². The molecule has 30 heavy (non-hydrogen) atoms. The van der Waals surface area contributed by atoms with Crippen LogP contribution in [0.3, 0.4) is 0 Å². The van der Waals surface area contributed by atoms with Crippen LogP contribution < -0.4 is 0 Å². The number of ether oxygens (including phenoxy) is 1. The second-order valence-corrected chi connectivity index (χ2v) is 10.0. The Kier molecular flexibility index (Phi) is 8.43. The van der Waals surface area contributed by atoms with Gasteiger partial charge in [0.1, 0.15) is 6.04 Å². The van der Waals surface area contributed by atoms with Crippen molar-refractivity contribution in [2.75, 3.05) is 13.7 Å². The quantitative estimate of drug-likeness (QED) is 0.376. The zero-order valence-corrected chi connectivity index (χ0v) is 19.6. The maximum Gasteiger partial charge on any atom is 0.327 e. The molecule has 0 radical (unpaired) electrons. The summed E-state index contributed by atoms with van der Waals surface area (Å²) in [5, 5.41) is 2.71. The number of hydrogen-bond donors (Lipinski definition) is 0. The summed E-state index contributed by atoms with van der Waals surface area (Å²) in [7, 11) is -3.11. The molecule has 3 rings (SSSR count). The van der Waals surface area contributed by atoms with Gasteiger partial charge < -0.3 is 9.29 Å². The van der Waals surface area contributed by atoms with Crippen LogP contribution in [-0.2, 0) is 37.1 Å². The van der Waals surface area contributed by atoms with E-state index >= 15 is 0 Å². The van der Waals surface area contributed by atoms with Crippen LogP contribution >= 0.6 is 22.9 Å². The minimum absolute atomic E-state index is 0.262. The number of methoxy groups -OCH3 is 1. The van der Waals surface area contributed by atoms with Crippen molar-refractivity contribution in [3.8, 4) is 0 Å². The lowest BCUT2D eigenvalue weighted by atomic mass is 10.0. The summed E-state index contributed by atoms with van der Waals surface area (Å²) in [6.45, 7) is 6.05. The van der Waals surface area contributed by atoms with Gasteiger partial charge in [-0.3, -0.25) is 9.08 Å². The van der Waals surface area contributed by atoms with Gasteiger partial charge in [-0.25, -0.2) is 13.2 Å². The molecule has 166 valence electrons. The van der Waals surface area contributed by atoms with Crippen LogP contribution in [0.15, 0.2) is 35.7 Å². The van der Waals surface area contributed by atoms with E-state index in [0.717, 1.165) is 25.1 Å². The molecule has 0 saturated carbocycles. The van der Waals surface area contributed by atoms with Crippen LogP contribution in [0.1, 0.15) is 42.8 Å². The van der Waals surface area contributed by atoms with Gasteiger partial charge in [-0.2, -0.15) is 0 Å². The normalized spacial score (nSPS) is 15.5. The maximum atomic E-state index is 12.3. The van der Waals surface area contributed by atoms with Gasteiger partial charge in [0, 0.05) is 23.0 Å². The molecule has 1 aromatic heterocycles. The second kappa shape index (κ2) is 10.2. The molecule has 0 bridgehead atoms. The van der Waals surface area contributed by atoms with Crippen molar-refractivity contribution in [3.05, 3.63) is 56.7 Å². The number of fused-ring (bicyclic) bond motifs is 1. The Labute approximate surface area is 186 Å². The van der Waals surface area contributed by atoms with E-state index < -0.39 is 22.0 Å². The van der Waals surface area contributed by atoms with Crippen LogP contribution in [0.4, 0.5) is 0 Å². The summed E-state index contributed by atoms with van der Waals surface area (Å²) in [4.78, 5) is 15.8. The van der Waals surface area contributed by atoms with Gasteiger partial charge in [0.15, 0.2) is 0 Å². The SMILES string of the molecule is CC(C)(C)OS(=O)(=O)[O-].COC(=O)[C@H](c1ccccc1Cl)N1CCc2sccc2C1. The number of nitrogens with zero attached hydrogens (tertiary/aromatic N) is 1. The highest BCUT2D eigenvalue weighted by Crippen LogP contribution is 2.33. The monoisotopic (exact) mass is 474 g/mol. The molecule has 1 atom stereocenters. The van der Waals surface area contributed by atoms with Crippen molar-refractivity contribution in [2.45, 2.75) is 45.4 Å². The fraction of sp³-hybridized carbons (Fsp3) is 0.450. The fourth-order valence-electron chi connectivity index (χ4n) is 3.08. The molecular formula is C20H25ClNO6S2-. The number of halogens is 1. The average molecular weight is 475 g/mol. The lowest BCUT2D eigenvalue weighted by molar-refractivity contribution is -0.147. The third-order valence-corrected chi connectivity index (χ3v) is 6.25. The Bertz CT molecular complexity index is 968. The van der Waals surface area contributed by atoms with E-state index in [4.69, 9.17) is 16.3 Å². The molecular weight excluding hydrogens is 450 g/mol. The van der Waals surface area contributed by atoms with Crippen LogP contribution in [0.5, 0.6) is 0 Å². The number of carbonyl (C=O) groups excluding carboxylic acids is 1. The molecule has 0 N–H and O–H groups in total. The standard InChI is InChI=1S/C16H16ClNO2S.C4H10O4S/c1-20-16(19)15(12-4-2-3-5-13(12)17)18-8-6-14-11(10-18)7-9-21-14;1-4(2,3)8-9(5,6)7/h2-5,7,9,15H,6,8,10H2,1H3;1-3H3,(H,5,6,7)/p-1/t15-;/m0./s1. The summed E-state index contributed by atoms with van der Waals surface area (Å²) < 4.78 is 38.7. The van der Waals surface area contributed by atoms with E-state index in [1.165, 1.54) is 38.3 Å². The molecule has 1 aromatic carbocycles. The Morgan fingerprint density at radius 3 is 2.47 bits per heavy atom. The summed E-state index contributed by atoms with van der Waals surface area (Å²) in [5.41, 5.74) is 1.19. The molecule has 0 amide bonds. The van der Waals surface area contributed by atoms with Crippen molar-refractivity contribution in [2.24, 2.45) is 0 Å². The van der Waals surface area contributed by atoms with E-state index in [1.54, 1.807) is 11.3 Å². The molecule has 0 spiro atoms. The Balaban J connectivity index is 0.000000303. The van der Waals surface area contributed by atoms with Crippen molar-refractivity contribution in [1.82, 2.24) is 4.90 Å². The fourth-order valence-corrected chi connectivity index (χ4v) is 4.82. The Morgan fingerprint density at radius 2 is 1.93 bits per heavy atom. The second-order valence-electron chi connectivity index (χ2n) is 7.64. The topological polar surface area (TPSA) is 96.0 Å². The lowest BCUT2D eigenvalue weighted by Gasteiger charge is -2.33. The first kappa shape index (κ1) is 24.8. The van der Waals surface area contributed by atoms with Crippen LogP contribution in [-0.4, -0.2) is 43.1 Å². The number of esters is 1. The molecule has 1 aliphatic heterocycles. The minimum atomic E-state index is -4.53. The summed E-state index contributed by atoms with van der Waals surface area (Å²) in [6.07, 6.45) is 0.963. The third kappa shape index (κ3) is 7.33. The van der Waals surface area contributed by atoms with Gasteiger partial charge in [-0.15, -0.1) is 11.3 Å². The van der Waals surface area contributed by atoms with Crippen molar-refractivity contribution in [3.63, 3.8) is 0 Å². The molecule has 10 heteroatoms. The minimum Gasteiger partial charge on any atom is -0.726 e. The third-order valence-electron chi connectivity index (χ3n) is 4.18. The van der Waals surface area contributed by atoms with Gasteiger partial charge in [-0.05, 0) is 55.8 Å². The smallest absolute Gasteiger partial charge is 0.327 e.